The Morgan fingerprint density at radius 1 is 1.47 bits per heavy atom. The van der Waals surface area contributed by atoms with Crippen LogP contribution in [0.3, 0.4) is 0 Å². The SMILES string of the molecule is CC1CCC(C(Cl)Cc2ncc[nH]2)CC1. The van der Waals surface area contributed by atoms with Crippen LogP contribution in [0, 0.1) is 11.8 Å². The molecule has 84 valence electrons. The van der Waals surface area contributed by atoms with Crippen LogP contribution >= 0.6 is 11.6 Å². The Kier molecular flexibility index (Phi) is 3.68. The van der Waals surface area contributed by atoms with Crippen LogP contribution in [0.1, 0.15) is 38.4 Å². The number of halogens is 1. The second-order valence-corrected chi connectivity index (χ2v) is 5.34. The van der Waals surface area contributed by atoms with Gasteiger partial charge in [-0.05, 0) is 24.7 Å². The Hall–Kier alpha value is -0.500. The predicted molar refractivity (Wildman–Crippen MR) is 63.1 cm³/mol. The Balaban J connectivity index is 1.83. The molecule has 2 rings (SSSR count). The van der Waals surface area contributed by atoms with Crippen LogP contribution in [-0.4, -0.2) is 15.3 Å². The molecule has 0 spiro atoms. The predicted octanol–water partition coefficient (Wildman–Crippen LogP) is 3.39. The maximum atomic E-state index is 6.44. The third kappa shape index (κ3) is 2.97. The van der Waals surface area contributed by atoms with Crippen LogP contribution in [0.2, 0.25) is 0 Å². The highest BCUT2D eigenvalue weighted by atomic mass is 35.5. The second kappa shape index (κ2) is 5.02. The molecular formula is C12H19ClN2. The molecule has 0 radical (unpaired) electrons. The standard InChI is InChI=1S/C12H19ClN2/c1-9-2-4-10(5-3-9)11(13)8-12-14-6-7-15-12/h6-7,9-11H,2-5,8H2,1H3,(H,14,15). The lowest BCUT2D eigenvalue weighted by Gasteiger charge is -2.29. The highest BCUT2D eigenvalue weighted by Gasteiger charge is 2.25. The molecule has 1 aromatic rings. The number of rotatable bonds is 3. The number of nitrogens with zero attached hydrogens (tertiary/aromatic N) is 1. The maximum Gasteiger partial charge on any atom is 0.107 e. The second-order valence-electron chi connectivity index (χ2n) is 4.78. The quantitative estimate of drug-likeness (QED) is 0.787. The third-order valence-electron chi connectivity index (χ3n) is 3.52. The Morgan fingerprint density at radius 3 is 2.80 bits per heavy atom. The molecule has 0 amide bonds. The van der Waals surface area contributed by atoms with E-state index in [0.29, 0.717) is 5.92 Å². The zero-order valence-corrected chi connectivity index (χ0v) is 10.0. The minimum atomic E-state index is 0.253. The van der Waals surface area contributed by atoms with Crippen LogP contribution < -0.4 is 0 Å². The Bertz CT molecular complexity index is 276. The Labute approximate surface area is 96.4 Å². The van der Waals surface area contributed by atoms with Gasteiger partial charge in [-0.1, -0.05) is 19.8 Å². The van der Waals surface area contributed by atoms with Crippen molar-refractivity contribution in [3.05, 3.63) is 18.2 Å². The van der Waals surface area contributed by atoms with E-state index in [1.54, 1.807) is 6.20 Å². The van der Waals surface area contributed by atoms with Gasteiger partial charge in [-0.25, -0.2) is 4.98 Å². The summed E-state index contributed by atoms with van der Waals surface area (Å²) in [5, 5.41) is 0.253. The van der Waals surface area contributed by atoms with Crippen molar-refractivity contribution in [3.63, 3.8) is 0 Å². The molecule has 1 N–H and O–H groups in total. The summed E-state index contributed by atoms with van der Waals surface area (Å²) in [5.41, 5.74) is 0. The van der Waals surface area contributed by atoms with Gasteiger partial charge in [0.1, 0.15) is 5.82 Å². The summed E-state index contributed by atoms with van der Waals surface area (Å²) in [5.74, 6) is 2.61. The van der Waals surface area contributed by atoms with Gasteiger partial charge < -0.3 is 4.98 Å². The van der Waals surface area contributed by atoms with Gasteiger partial charge in [-0.3, -0.25) is 0 Å². The molecule has 1 atom stereocenters. The van der Waals surface area contributed by atoms with Gasteiger partial charge in [-0.15, -0.1) is 11.6 Å². The third-order valence-corrected chi connectivity index (χ3v) is 4.03. The molecule has 1 fully saturated rings. The van der Waals surface area contributed by atoms with E-state index >= 15 is 0 Å². The first-order valence-electron chi connectivity index (χ1n) is 5.88. The van der Waals surface area contributed by atoms with E-state index in [4.69, 9.17) is 11.6 Å². The van der Waals surface area contributed by atoms with Gasteiger partial charge in [0.25, 0.3) is 0 Å². The fraction of sp³-hybridized carbons (Fsp3) is 0.750. The van der Waals surface area contributed by atoms with Gasteiger partial charge in [0.15, 0.2) is 0 Å². The number of aromatic nitrogens is 2. The van der Waals surface area contributed by atoms with Gasteiger partial charge in [-0.2, -0.15) is 0 Å². The van der Waals surface area contributed by atoms with Crippen LogP contribution in [0.15, 0.2) is 12.4 Å². The number of aromatic amines is 1. The molecule has 0 saturated heterocycles. The largest absolute Gasteiger partial charge is 0.349 e. The minimum absolute atomic E-state index is 0.253. The summed E-state index contributed by atoms with van der Waals surface area (Å²) in [4.78, 5) is 7.35. The number of H-pyrrole nitrogens is 1. The van der Waals surface area contributed by atoms with Crippen LogP contribution in [0.25, 0.3) is 0 Å². The molecule has 1 aliphatic rings. The normalized spacial score (nSPS) is 28.9. The van der Waals surface area contributed by atoms with Gasteiger partial charge in [0, 0.05) is 24.2 Å². The summed E-state index contributed by atoms with van der Waals surface area (Å²) in [7, 11) is 0. The molecule has 0 aromatic carbocycles. The van der Waals surface area contributed by atoms with E-state index in [1.807, 2.05) is 6.20 Å². The zero-order valence-electron chi connectivity index (χ0n) is 9.25. The van der Waals surface area contributed by atoms with Crippen molar-refractivity contribution in [3.8, 4) is 0 Å². The molecule has 1 aromatic heterocycles. The van der Waals surface area contributed by atoms with Crippen molar-refractivity contribution in [1.82, 2.24) is 9.97 Å². The van der Waals surface area contributed by atoms with E-state index in [9.17, 15) is 0 Å². The number of hydrogen-bond acceptors (Lipinski definition) is 1. The van der Waals surface area contributed by atoms with Crippen molar-refractivity contribution < 1.29 is 0 Å². The highest BCUT2D eigenvalue weighted by Crippen LogP contribution is 2.33. The number of imidazole rings is 1. The van der Waals surface area contributed by atoms with Crippen LogP contribution in [-0.2, 0) is 6.42 Å². The van der Waals surface area contributed by atoms with E-state index in [1.165, 1.54) is 25.7 Å². The van der Waals surface area contributed by atoms with Crippen molar-refractivity contribution in [2.45, 2.75) is 44.4 Å². The van der Waals surface area contributed by atoms with Crippen molar-refractivity contribution in [2.24, 2.45) is 11.8 Å². The van der Waals surface area contributed by atoms with E-state index in [-0.39, 0.29) is 5.38 Å². The summed E-state index contributed by atoms with van der Waals surface area (Å²) < 4.78 is 0. The van der Waals surface area contributed by atoms with Crippen LogP contribution in [0.5, 0.6) is 0 Å². The summed E-state index contributed by atoms with van der Waals surface area (Å²) >= 11 is 6.44. The monoisotopic (exact) mass is 226 g/mol. The summed E-state index contributed by atoms with van der Waals surface area (Å²) in [6.07, 6.45) is 9.79. The molecular weight excluding hydrogens is 208 g/mol. The number of alkyl halides is 1. The molecule has 1 aliphatic carbocycles. The molecule has 0 aliphatic heterocycles. The molecule has 1 unspecified atom stereocenters. The lowest BCUT2D eigenvalue weighted by atomic mass is 9.80. The molecule has 3 heteroatoms. The highest BCUT2D eigenvalue weighted by molar-refractivity contribution is 6.20. The van der Waals surface area contributed by atoms with Crippen molar-refractivity contribution >= 4 is 11.6 Å². The zero-order chi connectivity index (χ0) is 10.7. The van der Waals surface area contributed by atoms with E-state index < -0.39 is 0 Å². The number of nitrogens with one attached hydrogen (secondary N) is 1. The average molecular weight is 227 g/mol. The van der Waals surface area contributed by atoms with Gasteiger partial charge >= 0.3 is 0 Å². The van der Waals surface area contributed by atoms with Crippen molar-refractivity contribution in [1.29, 1.82) is 0 Å². The van der Waals surface area contributed by atoms with Gasteiger partial charge in [0.2, 0.25) is 0 Å². The maximum absolute atomic E-state index is 6.44. The fourth-order valence-corrected chi connectivity index (χ4v) is 2.81. The fourth-order valence-electron chi connectivity index (χ4n) is 2.41. The van der Waals surface area contributed by atoms with Crippen molar-refractivity contribution in [2.75, 3.05) is 0 Å². The average Bonchev–Trinajstić information content (AvgIpc) is 2.71. The summed E-state index contributed by atoms with van der Waals surface area (Å²) in [6.45, 7) is 2.34. The minimum Gasteiger partial charge on any atom is -0.349 e. The molecule has 0 bridgehead atoms. The lowest BCUT2D eigenvalue weighted by Crippen LogP contribution is -2.23. The molecule has 15 heavy (non-hydrogen) atoms. The number of hydrogen-bond donors (Lipinski definition) is 1. The smallest absolute Gasteiger partial charge is 0.107 e. The van der Waals surface area contributed by atoms with Crippen LogP contribution in [0.4, 0.5) is 0 Å². The van der Waals surface area contributed by atoms with Gasteiger partial charge in [0.05, 0.1) is 0 Å². The molecule has 2 nitrogen and oxygen atoms in total. The molecule has 1 heterocycles. The molecule has 1 saturated carbocycles. The summed E-state index contributed by atoms with van der Waals surface area (Å²) in [6, 6.07) is 0. The lowest BCUT2D eigenvalue weighted by molar-refractivity contribution is 0.280. The first kappa shape index (κ1) is 11.0. The topological polar surface area (TPSA) is 28.7 Å². The Morgan fingerprint density at radius 2 is 2.20 bits per heavy atom. The first-order chi connectivity index (χ1) is 7.25. The van der Waals surface area contributed by atoms with E-state index in [0.717, 1.165) is 18.2 Å². The van der Waals surface area contributed by atoms with E-state index in [2.05, 4.69) is 16.9 Å². The first-order valence-corrected chi connectivity index (χ1v) is 6.31.